The molecule has 0 fully saturated rings. The second-order valence-electron chi connectivity index (χ2n) is 5.56. The summed E-state index contributed by atoms with van der Waals surface area (Å²) >= 11 is 0. The second-order valence-corrected chi connectivity index (χ2v) is 5.56. The Hall–Kier alpha value is -2.36. The van der Waals surface area contributed by atoms with Crippen molar-refractivity contribution in [3.05, 3.63) is 59.9 Å². The van der Waals surface area contributed by atoms with Gasteiger partial charge in [-0.1, -0.05) is 25.1 Å². The predicted octanol–water partition coefficient (Wildman–Crippen LogP) is 4.61. The fourth-order valence-corrected chi connectivity index (χ4v) is 1.73. The summed E-state index contributed by atoms with van der Waals surface area (Å²) in [6.45, 7) is 5.67. The van der Waals surface area contributed by atoms with Crippen LogP contribution in [0.4, 0.5) is 4.39 Å². The summed E-state index contributed by atoms with van der Waals surface area (Å²) < 4.78 is 24.7. The smallest absolute Gasteiger partial charge is 0.343 e. The third-order valence-electron chi connectivity index (χ3n) is 3.36. The Morgan fingerprint density at radius 2 is 1.82 bits per heavy atom. The first-order valence-corrected chi connectivity index (χ1v) is 7.17. The van der Waals surface area contributed by atoms with Crippen LogP contribution in [-0.2, 0) is 0 Å². The van der Waals surface area contributed by atoms with E-state index in [0.29, 0.717) is 12.2 Å². The maximum Gasteiger partial charge on any atom is 0.343 e. The van der Waals surface area contributed by atoms with Crippen molar-refractivity contribution in [2.75, 3.05) is 0 Å². The zero-order valence-corrected chi connectivity index (χ0v) is 12.9. The summed E-state index contributed by atoms with van der Waals surface area (Å²) in [7, 11) is 0. The number of esters is 1. The summed E-state index contributed by atoms with van der Waals surface area (Å²) in [6.07, 6.45) is 0.713. The van der Waals surface area contributed by atoms with Gasteiger partial charge >= 0.3 is 5.97 Å². The van der Waals surface area contributed by atoms with Crippen molar-refractivity contribution in [3.8, 4) is 11.5 Å². The molecule has 0 amide bonds. The van der Waals surface area contributed by atoms with E-state index < -0.39 is 17.4 Å². The van der Waals surface area contributed by atoms with Crippen molar-refractivity contribution in [2.24, 2.45) is 0 Å². The van der Waals surface area contributed by atoms with Crippen LogP contribution in [0.3, 0.4) is 0 Å². The minimum absolute atomic E-state index is 0.0503. The molecular formula is C18H19FO3. The highest BCUT2D eigenvalue weighted by Gasteiger charge is 2.20. The summed E-state index contributed by atoms with van der Waals surface area (Å²) in [5.41, 5.74) is -0.268. The van der Waals surface area contributed by atoms with Gasteiger partial charge in [-0.15, -0.1) is 0 Å². The Bertz CT molecular complexity index is 651. The Morgan fingerprint density at radius 1 is 1.14 bits per heavy atom. The van der Waals surface area contributed by atoms with Gasteiger partial charge < -0.3 is 9.47 Å². The average molecular weight is 302 g/mol. The lowest BCUT2D eigenvalue weighted by Crippen LogP contribution is -2.27. The monoisotopic (exact) mass is 302 g/mol. The van der Waals surface area contributed by atoms with Gasteiger partial charge in [0.1, 0.15) is 11.4 Å². The van der Waals surface area contributed by atoms with E-state index in [9.17, 15) is 9.18 Å². The zero-order chi connectivity index (χ0) is 16.2. The van der Waals surface area contributed by atoms with Crippen molar-refractivity contribution in [1.82, 2.24) is 0 Å². The topological polar surface area (TPSA) is 35.5 Å². The first kappa shape index (κ1) is 16.0. The molecule has 2 aromatic rings. The van der Waals surface area contributed by atoms with Gasteiger partial charge in [0.15, 0.2) is 11.6 Å². The van der Waals surface area contributed by atoms with Crippen LogP contribution in [0.2, 0.25) is 0 Å². The number of para-hydroxylation sites is 1. The number of halogens is 1. The number of hydrogen-bond donors (Lipinski definition) is 0. The highest BCUT2D eigenvalue weighted by molar-refractivity contribution is 5.91. The molecule has 0 aliphatic heterocycles. The van der Waals surface area contributed by atoms with Crippen LogP contribution in [0.1, 0.15) is 37.6 Å². The van der Waals surface area contributed by atoms with Gasteiger partial charge in [0, 0.05) is 0 Å². The number of rotatable bonds is 5. The number of benzene rings is 2. The van der Waals surface area contributed by atoms with Crippen molar-refractivity contribution < 1.29 is 18.7 Å². The minimum atomic E-state index is -0.551. The SMILES string of the molecule is CCC(C)(C)Oc1cc(C(=O)Oc2ccccc2)ccc1F. The Kier molecular flexibility index (Phi) is 4.81. The molecule has 0 aliphatic rings. The van der Waals surface area contributed by atoms with E-state index in [4.69, 9.17) is 9.47 Å². The van der Waals surface area contributed by atoms with E-state index in [0.717, 1.165) is 0 Å². The fraction of sp³-hybridized carbons (Fsp3) is 0.278. The average Bonchev–Trinajstić information content (AvgIpc) is 2.50. The van der Waals surface area contributed by atoms with Gasteiger partial charge in [-0.25, -0.2) is 9.18 Å². The molecule has 0 N–H and O–H groups in total. The summed E-state index contributed by atoms with van der Waals surface area (Å²) in [6, 6.07) is 12.7. The molecule has 0 bridgehead atoms. The first-order chi connectivity index (χ1) is 10.4. The summed E-state index contributed by atoms with van der Waals surface area (Å²) in [5, 5.41) is 0. The molecule has 0 aliphatic carbocycles. The van der Waals surface area contributed by atoms with Crippen molar-refractivity contribution >= 4 is 5.97 Å². The number of hydrogen-bond acceptors (Lipinski definition) is 3. The molecule has 0 unspecified atom stereocenters. The Morgan fingerprint density at radius 3 is 2.45 bits per heavy atom. The fourth-order valence-electron chi connectivity index (χ4n) is 1.73. The van der Waals surface area contributed by atoms with Crippen LogP contribution in [0.15, 0.2) is 48.5 Å². The van der Waals surface area contributed by atoms with Gasteiger partial charge in [0.25, 0.3) is 0 Å². The molecule has 2 aromatic carbocycles. The molecular weight excluding hydrogens is 283 g/mol. The van der Waals surface area contributed by atoms with Crippen molar-refractivity contribution in [3.63, 3.8) is 0 Å². The molecule has 22 heavy (non-hydrogen) atoms. The lowest BCUT2D eigenvalue weighted by Gasteiger charge is -2.25. The van der Waals surface area contributed by atoms with E-state index in [1.807, 2.05) is 26.8 Å². The molecule has 0 saturated heterocycles. The van der Waals surface area contributed by atoms with Gasteiger partial charge in [-0.05, 0) is 50.6 Å². The van der Waals surface area contributed by atoms with Gasteiger partial charge in [0.05, 0.1) is 5.56 Å². The second kappa shape index (κ2) is 6.60. The van der Waals surface area contributed by atoms with Crippen LogP contribution in [-0.4, -0.2) is 11.6 Å². The minimum Gasteiger partial charge on any atom is -0.485 e. The lowest BCUT2D eigenvalue weighted by atomic mass is 10.1. The van der Waals surface area contributed by atoms with Crippen LogP contribution in [0, 0.1) is 5.82 Å². The molecule has 0 atom stereocenters. The standard InChI is InChI=1S/C18H19FO3/c1-4-18(2,3)22-16-12-13(10-11-15(16)19)17(20)21-14-8-6-5-7-9-14/h5-12H,4H2,1-3H3. The van der Waals surface area contributed by atoms with Gasteiger partial charge in [0.2, 0.25) is 0 Å². The molecule has 0 radical (unpaired) electrons. The molecule has 0 heterocycles. The first-order valence-electron chi connectivity index (χ1n) is 7.17. The number of carbonyl (C=O) groups excluding carboxylic acids is 1. The molecule has 4 heteroatoms. The molecule has 0 spiro atoms. The molecule has 0 saturated carbocycles. The van der Waals surface area contributed by atoms with Crippen molar-refractivity contribution in [1.29, 1.82) is 0 Å². The normalized spacial score (nSPS) is 11.1. The molecule has 0 aromatic heterocycles. The van der Waals surface area contributed by atoms with E-state index in [1.165, 1.54) is 18.2 Å². The highest BCUT2D eigenvalue weighted by Crippen LogP contribution is 2.26. The van der Waals surface area contributed by atoms with Crippen LogP contribution in [0.5, 0.6) is 11.5 Å². The van der Waals surface area contributed by atoms with Crippen LogP contribution in [0.25, 0.3) is 0 Å². The van der Waals surface area contributed by atoms with E-state index in [1.54, 1.807) is 24.3 Å². The Balaban J connectivity index is 2.20. The van der Waals surface area contributed by atoms with Crippen LogP contribution < -0.4 is 9.47 Å². The quantitative estimate of drug-likeness (QED) is 0.597. The number of ether oxygens (including phenoxy) is 2. The Labute approximate surface area is 129 Å². The lowest BCUT2D eigenvalue weighted by molar-refractivity contribution is 0.0729. The third kappa shape index (κ3) is 4.07. The maximum absolute atomic E-state index is 13.8. The van der Waals surface area contributed by atoms with E-state index in [2.05, 4.69) is 0 Å². The predicted molar refractivity (Wildman–Crippen MR) is 82.8 cm³/mol. The maximum atomic E-state index is 13.8. The van der Waals surface area contributed by atoms with Crippen LogP contribution >= 0.6 is 0 Å². The van der Waals surface area contributed by atoms with E-state index in [-0.39, 0.29) is 11.3 Å². The largest absolute Gasteiger partial charge is 0.485 e. The van der Waals surface area contributed by atoms with Gasteiger partial charge in [-0.3, -0.25) is 0 Å². The highest BCUT2D eigenvalue weighted by atomic mass is 19.1. The zero-order valence-electron chi connectivity index (χ0n) is 12.9. The third-order valence-corrected chi connectivity index (χ3v) is 3.36. The van der Waals surface area contributed by atoms with Gasteiger partial charge in [-0.2, -0.15) is 0 Å². The summed E-state index contributed by atoms with van der Waals surface area (Å²) in [4.78, 5) is 12.1. The summed E-state index contributed by atoms with van der Waals surface area (Å²) in [5.74, 6) is -0.564. The van der Waals surface area contributed by atoms with Crippen molar-refractivity contribution in [2.45, 2.75) is 32.8 Å². The van der Waals surface area contributed by atoms with E-state index >= 15 is 0 Å². The molecule has 3 nitrogen and oxygen atoms in total. The molecule has 116 valence electrons. The number of carbonyl (C=O) groups is 1. The molecule has 2 rings (SSSR count).